The topological polar surface area (TPSA) is 98.0 Å². The molecule has 0 saturated carbocycles. The Morgan fingerprint density at radius 1 is 1.09 bits per heavy atom. The van der Waals surface area contributed by atoms with Crippen molar-refractivity contribution in [3.63, 3.8) is 0 Å². The molecule has 0 fully saturated rings. The van der Waals surface area contributed by atoms with Gasteiger partial charge in [-0.2, -0.15) is 0 Å². The van der Waals surface area contributed by atoms with Crippen LogP contribution < -0.4 is 0 Å². The maximum atomic E-state index is 10.7. The van der Waals surface area contributed by atoms with E-state index in [1.165, 1.54) is 12.1 Å². The lowest BCUT2D eigenvalue weighted by atomic mass is 10.1. The van der Waals surface area contributed by atoms with Gasteiger partial charge >= 0.3 is 5.97 Å². The number of benzene rings is 2. The van der Waals surface area contributed by atoms with E-state index in [1.54, 1.807) is 12.1 Å². The lowest BCUT2D eigenvalue weighted by Crippen LogP contribution is -1.96. The number of fused-ring (bicyclic) bond motifs is 1. The summed E-state index contributed by atoms with van der Waals surface area (Å²) in [5.41, 5.74) is -0.0660. The van der Waals surface area contributed by atoms with Crippen LogP contribution in [0.1, 0.15) is 29.6 Å². The highest BCUT2D eigenvalue weighted by molar-refractivity contribution is 5.97. The Kier molecular flexibility index (Phi) is 7.50. The molecule has 0 aliphatic rings. The van der Waals surface area contributed by atoms with Gasteiger partial charge in [-0.3, -0.25) is 0 Å². The maximum absolute atomic E-state index is 10.7. The Morgan fingerprint density at radius 2 is 1.73 bits per heavy atom. The van der Waals surface area contributed by atoms with Crippen molar-refractivity contribution < 1.29 is 25.2 Å². The highest BCUT2D eigenvalue weighted by Crippen LogP contribution is 2.24. The molecule has 0 aliphatic carbocycles. The molecule has 0 atom stereocenters. The van der Waals surface area contributed by atoms with Crippen LogP contribution in [0.25, 0.3) is 10.8 Å². The van der Waals surface area contributed by atoms with Crippen LogP contribution in [0.2, 0.25) is 0 Å². The summed E-state index contributed by atoms with van der Waals surface area (Å²) in [6.07, 6.45) is 5.35. The Balaban J connectivity index is 0.000000261. The largest absolute Gasteiger partial charge is 0.516 e. The van der Waals surface area contributed by atoms with E-state index < -0.39 is 5.97 Å². The molecule has 2 aromatic carbocycles. The summed E-state index contributed by atoms with van der Waals surface area (Å²) < 4.78 is 0. The van der Waals surface area contributed by atoms with Gasteiger partial charge in [0.25, 0.3) is 0 Å². The van der Waals surface area contributed by atoms with E-state index in [-0.39, 0.29) is 17.9 Å². The molecule has 0 radical (unpaired) electrons. The number of carboxylic acid groups (broad SMARTS) is 1. The Labute approximate surface area is 128 Å². The molecule has 0 spiro atoms. The number of unbranched alkanes of at least 4 members (excludes halogenated alkanes) is 2. The molecule has 0 aromatic heterocycles. The number of hydrogen-bond donors (Lipinski definition) is 4. The van der Waals surface area contributed by atoms with Crippen LogP contribution in [0.3, 0.4) is 0 Å². The SMILES string of the molecule is O=C(O)c1cc2ccccc2cc1O.OC=CCCCCO. The molecule has 118 valence electrons. The van der Waals surface area contributed by atoms with Gasteiger partial charge in [0, 0.05) is 6.61 Å². The maximum Gasteiger partial charge on any atom is 0.339 e. The molecule has 0 unspecified atom stereocenters. The number of carbonyl (C=O) groups is 1. The monoisotopic (exact) mass is 304 g/mol. The normalized spacial score (nSPS) is 10.4. The molecule has 0 amide bonds. The lowest BCUT2D eigenvalue weighted by molar-refractivity contribution is 0.0694. The zero-order valence-corrected chi connectivity index (χ0v) is 12.1. The van der Waals surface area contributed by atoms with Gasteiger partial charge in [-0.15, -0.1) is 0 Å². The Hall–Kier alpha value is -2.53. The molecule has 0 aliphatic heterocycles. The third kappa shape index (κ3) is 5.46. The molecule has 0 bridgehead atoms. The van der Waals surface area contributed by atoms with Crippen LogP contribution in [-0.4, -0.2) is 33.0 Å². The standard InChI is InChI=1S/C11H8O3.C6H12O2/c12-10-6-8-4-2-1-3-7(8)5-9(10)11(13)14;7-5-3-1-2-4-6-8/h1-6,12H,(H,13,14);3,5,7-8H,1-2,4,6H2. The van der Waals surface area contributed by atoms with Gasteiger partial charge in [0.05, 0.1) is 6.26 Å². The van der Waals surface area contributed by atoms with Crippen molar-refractivity contribution in [1.29, 1.82) is 0 Å². The summed E-state index contributed by atoms with van der Waals surface area (Å²) in [6.45, 7) is 0.249. The number of aromatic carboxylic acids is 1. The molecule has 0 saturated heterocycles. The van der Waals surface area contributed by atoms with Gasteiger partial charge in [-0.05, 0) is 42.2 Å². The first-order chi connectivity index (χ1) is 10.6. The van der Waals surface area contributed by atoms with Crippen molar-refractivity contribution in [3.8, 4) is 5.75 Å². The predicted molar refractivity (Wildman–Crippen MR) is 85.3 cm³/mol. The number of allylic oxidation sites excluding steroid dienone is 1. The van der Waals surface area contributed by atoms with Gasteiger partial charge in [-0.25, -0.2) is 4.79 Å². The zero-order chi connectivity index (χ0) is 16.4. The lowest BCUT2D eigenvalue weighted by Gasteiger charge is -2.02. The Bertz CT molecular complexity index is 634. The second kappa shape index (κ2) is 9.41. The third-order valence-corrected chi connectivity index (χ3v) is 2.98. The van der Waals surface area contributed by atoms with E-state index in [2.05, 4.69) is 0 Å². The van der Waals surface area contributed by atoms with E-state index in [0.717, 1.165) is 36.3 Å². The van der Waals surface area contributed by atoms with Crippen molar-refractivity contribution in [2.24, 2.45) is 0 Å². The summed E-state index contributed by atoms with van der Waals surface area (Å²) in [4.78, 5) is 10.7. The fourth-order valence-corrected chi connectivity index (χ4v) is 1.85. The molecule has 5 heteroatoms. The van der Waals surface area contributed by atoms with Crippen LogP contribution in [0, 0.1) is 0 Å². The first kappa shape index (κ1) is 17.5. The minimum atomic E-state index is -1.12. The van der Waals surface area contributed by atoms with Gasteiger partial charge in [0.15, 0.2) is 0 Å². The molecular weight excluding hydrogens is 284 g/mol. The van der Waals surface area contributed by atoms with Crippen molar-refractivity contribution in [2.45, 2.75) is 19.3 Å². The number of phenols is 1. The summed E-state index contributed by atoms with van der Waals surface area (Å²) in [7, 11) is 0. The summed E-state index contributed by atoms with van der Waals surface area (Å²) in [5, 5.41) is 36.2. The van der Waals surface area contributed by atoms with Gasteiger partial charge < -0.3 is 20.4 Å². The van der Waals surface area contributed by atoms with E-state index in [0.29, 0.717) is 0 Å². The second-order valence-corrected chi connectivity index (χ2v) is 4.63. The van der Waals surface area contributed by atoms with Crippen LogP contribution in [-0.2, 0) is 0 Å². The molecule has 5 nitrogen and oxygen atoms in total. The van der Waals surface area contributed by atoms with E-state index >= 15 is 0 Å². The molecule has 2 rings (SSSR count). The fraction of sp³-hybridized carbons (Fsp3) is 0.235. The van der Waals surface area contributed by atoms with Crippen molar-refractivity contribution in [2.75, 3.05) is 6.61 Å². The molecule has 0 heterocycles. The van der Waals surface area contributed by atoms with Crippen LogP contribution in [0.4, 0.5) is 0 Å². The number of aromatic hydroxyl groups is 1. The predicted octanol–water partition coefficient (Wildman–Crippen LogP) is 3.46. The number of hydrogen-bond acceptors (Lipinski definition) is 4. The van der Waals surface area contributed by atoms with Crippen molar-refractivity contribution in [1.82, 2.24) is 0 Å². The van der Waals surface area contributed by atoms with Crippen LogP contribution in [0.5, 0.6) is 5.75 Å². The smallest absolute Gasteiger partial charge is 0.339 e. The first-order valence-electron chi connectivity index (χ1n) is 6.95. The molecule has 22 heavy (non-hydrogen) atoms. The summed E-state index contributed by atoms with van der Waals surface area (Å²) >= 11 is 0. The highest BCUT2D eigenvalue weighted by atomic mass is 16.4. The number of rotatable bonds is 5. The minimum absolute atomic E-state index is 0.0660. The number of aliphatic hydroxyl groups excluding tert-OH is 2. The van der Waals surface area contributed by atoms with Crippen LogP contribution in [0.15, 0.2) is 48.7 Å². The number of carboxylic acids is 1. The third-order valence-electron chi connectivity index (χ3n) is 2.98. The first-order valence-corrected chi connectivity index (χ1v) is 6.95. The Morgan fingerprint density at radius 3 is 2.27 bits per heavy atom. The minimum Gasteiger partial charge on any atom is -0.516 e. The molecular formula is C17H20O5. The second-order valence-electron chi connectivity index (χ2n) is 4.63. The summed E-state index contributed by atoms with van der Waals surface area (Å²) in [6, 6.07) is 10.2. The molecule has 4 N–H and O–H groups in total. The van der Waals surface area contributed by atoms with E-state index in [9.17, 15) is 9.90 Å². The van der Waals surface area contributed by atoms with E-state index in [4.69, 9.17) is 15.3 Å². The summed E-state index contributed by atoms with van der Waals surface area (Å²) in [5.74, 6) is -1.32. The van der Waals surface area contributed by atoms with E-state index in [1.807, 2.05) is 18.2 Å². The number of aliphatic hydroxyl groups is 2. The zero-order valence-electron chi connectivity index (χ0n) is 12.1. The fourth-order valence-electron chi connectivity index (χ4n) is 1.85. The van der Waals surface area contributed by atoms with Crippen LogP contribution >= 0.6 is 0 Å². The average molecular weight is 304 g/mol. The van der Waals surface area contributed by atoms with Crippen molar-refractivity contribution in [3.05, 3.63) is 54.3 Å². The van der Waals surface area contributed by atoms with Crippen molar-refractivity contribution >= 4 is 16.7 Å². The van der Waals surface area contributed by atoms with Gasteiger partial charge in [0.2, 0.25) is 0 Å². The molecule has 2 aromatic rings. The van der Waals surface area contributed by atoms with Gasteiger partial charge in [-0.1, -0.05) is 30.3 Å². The highest BCUT2D eigenvalue weighted by Gasteiger charge is 2.09. The average Bonchev–Trinajstić information content (AvgIpc) is 2.51. The van der Waals surface area contributed by atoms with Gasteiger partial charge in [0.1, 0.15) is 11.3 Å². The quantitative estimate of drug-likeness (QED) is 0.501.